The molecule has 2 aromatic rings. The van der Waals surface area contributed by atoms with Crippen molar-refractivity contribution in [1.82, 2.24) is 5.32 Å². The van der Waals surface area contributed by atoms with Gasteiger partial charge in [0.1, 0.15) is 0 Å². The van der Waals surface area contributed by atoms with E-state index in [1.807, 2.05) is 31.2 Å². The highest BCUT2D eigenvalue weighted by Crippen LogP contribution is 2.13. The van der Waals surface area contributed by atoms with Crippen LogP contribution in [0.4, 0.5) is 10.5 Å². The maximum absolute atomic E-state index is 12.0. The van der Waals surface area contributed by atoms with Crippen molar-refractivity contribution in [2.75, 3.05) is 11.9 Å². The summed E-state index contributed by atoms with van der Waals surface area (Å²) < 4.78 is 0.946. The highest BCUT2D eigenvalue weighted by atomic mass is 79.9. The molecule has 0 aliphatic rings. The van der Waals surface area contributed by atoms with Gasteiger partial charge in [0.2, 0.25) is 0 Å². The highest BCUT2D eigenvalue weighted by molar-refractivity contribution is 9.10. The number of benzene rings is 2. The zero-order valence-corrected chi connectivity index (χ0v) is 13.8. The molecule has 0 aromatic heterocycles. The van der Waals surface area contributed by atoms with Crippen molar-refractivity contribution in [2.45, 2.75) is 13.3 Å². The van der Waals surface area contributed by atoms with E-state index in [2.05, 4.69) is 26.6 Å². The molecule has 0 atom stereocenters. The summed E-state index contributed by atoms with van der Waals surface area (Å²) in [6.45, 7) is 2.28. The van der Waals surface area contributed by atoms with Crippen LogP contribution in [0.25, 0.3) is 0 Å². The summed E-state index contributed by atoms with van der Waals surface area (Å²) in [5.41, 5.74) is 2.48. The molecule has 0 saturated carbocycles. The van der Waals surface area contributed by atoms with Crippen LogP contribution in [0.5, 0.6) is 0 Å². The number of rotatable bonds is 5. The number of anilines is 1. The standard InChI is InChI=1S/C17H17BrN2O2/c1-12-2-4-13(5-3-12)16(21)10-11-19-17(22)20-15-8-6-14(18)7-9-15/h2-9H,10-11H2,1H3,(H2,19,20,22). The van der Waals surface area contributed by atoms with E-state index in [1.165, 1.54) is 0 Å². The summed E-state index contributed by atoms with van der Waals surface area (Å²) in [7, 11) is 0. The summed E-state index contributed by atoms with van der Waals surface area (Å²) >= 11 is 3.33. The molecule has 0 heterocycles. The number of ketones is 1. The van der Waals surface area contributed by atoms with Gasteiger partial charge in [0.25, 0.3) is 0 Å². The van der Waals surface area contributed by atoms with Gasteiger partial charge in [-0.2, -0.15) is 0 Å². The van der Waals surface area contributed by atoms with Crippen LogP contribution < -0.4 is 10.6 Å². The number of nitrogens with one attached hydrogen (secondary N) is 2. The number of carbonyl (C=O) groups is 2. The van der Waals surface area contributed by atoms with E-state index in [4.69, 9.17) is 0 Å². The lowest BCUT2D eigenvalue weighted by atomic mass is 10.1. The van der Waals surface area contributed by atoms with Crippen molar-refractivity contribution in [1.29, 1.82) is 0 Å². The molecule has 0 aliphatic heterocycles. The predicted octanol–water partition coefficient (Wildman–Crippen LogP) is 4.15. The highest BCUT2D eigenvalue weighted by Gasteiger charge is 2.07. The molecule has 0 saturated heterocycles. The minimum Gasteiger partial charge on any atom is -0.337 e. The van der Waals surface area contributed by atoms with Crippen molar-refractivity contribution < 1.29 is 9.59 Å². The molecule has 2 amide bonds. The van der Waals surface area contributed by atoms with E-state index in [9.17, 15) is 9.59 Å². The van der Waals surface area contributed by atoms with E-state index in [0.29, 0.717) is 17.8 Å². The number of hydrogen-bond acceptors (Lipinski definition) is 2. The first-order valence-electron chi connectivity index (χ1n) is 6.95. The molecule has 2 N–H and O–H groups in total. The number of halogens is 1. The molecule has 2 aromatic carbocycles. The Morgan fingerprint density at radius 3 is 2.27 bits per heavy atom. The third-order valence-electron chi connectivity index (χ3n) is 3.11. The van der Waals surface area contributed by atoms with Gasteiger partial charge in [-0.15, -0.1) is 0 Å². The van der Waals surface area contributed by atoms with Gasteiger partial charge in [0.05, 0.1) is 0 Å². The Bertz CT molecular complexity index is 651. The summed E-state index contributed by atoms with van der Waals surface area (Å²) in [5, 5.41) is 5.38. The Kier molecular flexibility index (Phi) is 5.72. The van der Waals surface area contributed by atoms with Crippen LogP contribution >= 0.6 is 15.9 Å². The second kappa shape index (κ2) is 7.75. The van der Waals surface area contributed by atoms with Crippen molar-refractivity contribution in [2.24, 2.45) is 0 Å². The molecular weight excluding hydrogens is 344 g/mol. The summed E-state index contributed by atoms with van der Waals surface area (Å²) in [6, 6.07) is 14.4. The molecule has 4 nitrogen and oxygen atoms in total. The van der Waals surface area contributed by atoms with Crippen molar-refractivity contribution >= 4 is 33.4 Å². The Balaban J connectivity index is 1.75. The van der Waals surface area contributed by atoms with Gasteiger partial charge in [-0.1, -0.05) is 45.8 Å². The normalized spacial score (nSPS) is 10.1. The number of carbonyl (C=O) groups excluding carboxylic acids is 2. The molecule has 0 aliphatic carbocycles. The smallest absolute Gasteiger partial charge is 0.319 e. The van der Waals surface area contributed by atoms with Crippen LogP contribution in [-0.4, -0.2) is 18.4 Å². The van der Waals surface area contributed by atoms with Crippen LogP contribution in [0.3, 0.4) is 0 Å². The van der Waals surface area contributed by atoms with E-state index in [1.54, 1.807) is 24.3 Å². The first-order chi connectivity index (χ1) is 10.5. The van der Waals surface area contributed by atoms with Gasteiger partial charge in [0.15, 0.2) is 5.78 Å². The van der Waals surface area contributed by atoms with E-state index in [0.717, 1.165) is 10.0 Å². The summed E-state index contributed by atoms with van der Waals surface area (Å²) in [6.07, 6.45) is 0.275. The topological polar surface area (TPSA) is 58.2 Å². The van der Waals surface area contributed by atoms with Crippen LogP contribution in [0, 0.1) is 6.92 Å². The monoisotopic (exact) mass is 360 g/mol. The van der Waals surface area contributed by atoms with Gasteiger partial charge < -0.3 is 10.6 Å². The fraction of sp³-hybridized carbons (Fsp3) is 0.176. The second-order valence-corrected chi connectivity index (χ2v) is 5.84. The van der Waals surface area contributed by atoms with Crippen molar-refractivity contribution in [3.8, 4) is 0 Å². The molecule has 2 rings (SSSR count). The third kappa shape index (κ3) is 5.00. The molecule has 5 heteroatoms. The molecule has 0 unspecified atom stereocenters. The lowest BCUT2D eigenvalue weighted by molar-refractivity contribution is 0.0984. The minimum atomic E-state index is -0.320. The van der Waals surface area contributed by atoms with Crippen LogP contribution in [0.1, 0.15) is 22.3 Å². The Hall–Kier alpha value is -2.14. The lowest BCUT2D eigenvalue weighted by Crippen LogP contribution is -2.30. The molecule has 0 fully saturated rings. The van der Waals surface area contributed by atoms with Gasteiger partial charge in [0, 0.05) is 28.7 Å². The fourth-order valence-corrected chi connectivity index (χ4v) is 2.15. The van der Waals surface area contributed by atoms with Crippen LogP contribution in [0.15, 0.2) is 53.0 Å². The van der Waals surface area contributed by atoms with Gasteiger partial charge in [-0.25, -0.2) is 4.79 Å². The Morgan fingerprint density at radius 1 is 1.00 bits per heavy atom. The Morgan fingerprint density at radius 2 is 1.64 bits per heavy atom. The number of urea groups is 1. The zero-order valence-electron chi connectivity index (χ0n) is 12.2. The fourth-order valence-electron chi connectivity index (χ4n) is 1.88. The van der Waals surface area contributed by atoms with Gasteiger partial charge in [-0.05, 0) is 31.2 Å². The molecule has 114 valence electrons. The number of amides is 2. The maximum Gasteiger partial charge on any atom is 0.319 e. The zero-order chi connectivity index (χ0) is 15.9. The van der Waals surface area contributed by atoms with E-state index >= 15 is 0 Å². The molecular formula is C17H17BrN2O2. The second-order valence-electron chi connectivity index (χ2n) is 4.93. The first kappa shape index (κ1) is 16.2. The minimum absolute atomic E-state index is 0.0175. The number of aryl methyl sites for hydroxylation is 1. The first-order valence-corrected chi connectivity index (χ1v) is 7.74. The van der Waals surface area contributed by atoms with E-state index in [-0.39, 0.29) is 18.2 Å². The van der Waals surface area contributed by atoms with Gasteiger partial charge in [-0.3, -0.25) is 4.79 Å². The van der Waals surface area contributed by atoms with Crippen molar-refractivity contribution in [3.05, 3.63) is 64.1 Å². The lowest BCUT2D eigenvalue weighted by Gasteiger charge is -2.07. The average Bonchev–Trinajstić information content (AvgIpc) is 2.50. The molecule has 22 heavy (non-hydrogen) atoms. The summed E-state index contributed by atoms with van der Waals surface area (Å²) in [4.78, 5) is 23.7. The molecule has 0 bridgehead atoms. The van der Waals surface area contributed by atoms with Crippen LogP contribution in [-0.2, 0) is 0 Å². The third-order valence-corrected chi connectivity index (χ3v) is 3.64. The Labute approximate surface area is 138 Å². The largest absolute Gasteiger partial charge is 0.337 e. The maximum atomic E-state index is 12.0. The number of Topliss-reactive ketones (excluding diaryl/α,β-unsaturated/α-hetero) is 1. The summed E-state index contributed by atoms with van der Waals surface area (Å²) in [5.74, 6) is 0.0175. The van der Waals surface area contributed by atoms with Gasteiger partial charge >= 0.3 is 6.03 Å². The molecule has 0 radical (unpaired) electrons. The molecule has 0 spiro atoms. The quantitative estimate of drug-likeness (QED) is 0.786. The van der Waals surface area contributed by atoms with Crippen LogP contribution in [0.2, 0.25) is 0 Å². The SMILES string of the molecule is Cc1ccc(C(=O)CCNC(=O)Nc2ccc(Br)cc2)cc1. The average molecular weight is 361 g/mol. The number of hydrogen-bond donors (Lipinski definition) is 2. The van der Waals surface area contributed by atoms with E-state index < -0.39 is 0 Å². The predicted molar refractivity (Wildman–Crippen MR) is 91.3 cm³/mol. The van der Waals surface area contributed by atoms with Crippen molar-refractivity contribution in [3.63, 3.8) is 0 Å².